The molecule has 0 amide bonds. The lowest BCUT2D eigenvalue weighted by atomic mass is 10.1. The summed E-state index contributed by atoms with van der Waals surface area (Å²) in [5, 5.41) is 7.04. The summed E-state index contributed by atoms with van der Waals surface area (Å²) in [5.74, 6) is 6.76. The maximum absolute atomic E-state index is 12.2. The fourth-order valence-electron chi connectivity index (χ4n) is 3.87. The van der Waals surface area contributed by atoms with Crippen LogP contribution in [0, 0.1) is 0 Å². The molecule has 9 heteroatoms. The van der Waals surface area contributed by atoms with E-state index in [0.717, 1.165) is 27.6 Å². The molecule has 3 aromatic carbocycles. The van der Waals surface area contributed by atoms with Crippen molar-refractivity contribution >= 4 is 27.0 Å². The number of benzene rings is 3. The molecular weight excluding hydrogens is 502 g/mol. The molecule has 0 aliphatic carbocycles. The summed E-state index contributed by atoms with van der Waals surface area (Å²) >= 11 is 0. The van der Waals surface area contributed by atoms with E-state index in [1.807, 2.05) is 73.8 Å². The van der Waals surface area contributed by atoms with E-state index in [2.05, 4.69) is 11.9 Å². The third-order valence-corrected chi connectivity index (χ3v) is 7.36. The van der Waals surface area contributed by atoms with Gasteiger partial charge in [-0.3, -0.25) is 10.0 Å². The molecule has 38 heavy (non-hydrogen) atoms. The highest BCUT2D eigenvalue weighted by Gasteiger charge is 2.14. The Kier molecular flexibility index (Phi) is 12.2. The molecule has 0 saturated heterocycles. The Balaban J connectivity index is 1.26. The van der Waals surface area contributed by atoms with Crippen molar-refractivity contribution in [2.75, 3.05) is 45.7 Å². The SMILES string of the molecule is C=Cc1ccc(COCC(CN(N)CCCS(=O)(=O)OCCCOc2ccc3ccccc3c2)NC)cc1. The summed E-state index contributed by atoms with van der Waals surface area (Å²) in [6, 6.07) is 22.0. The molecule has 3 rings (SSSR count). The van der Waals surface area contributed by atoms with Crippen molar-refractivity contribution in [2.24, 2.45) is 5.84 Å². The Morgan fingerprint density at radius 2 is 1.79 bits per heavy atom. The number of nitrogens with two attached hydrogens (primary N) is 1. The molecule has 206 valence electrons. The summed E-state index contributed by atoms with van der Waals surface area (Å²) in [6.07, 6.45) is 2.65. The Morgan fingerprint density at radius 1 is 1.03 bits per heavy atom. The summed E-state index contributed by atoms with van der Waals surface area (Å²) in [4.78, 5) is 0. The summed E-state index contributed by atoms with van der Waals surface area (Å²) in [5.41, 5.74) is 2.15. The average Bonchev–Trinajstić information content (AvgIpc) is 2.92. The molecule has 3 N–H and O–H groups in total. The normalized spacial score (nSPS) is 12.6. The van der Waals surface area contributed by atoms with Gasteiger partial charge in [-0.15, -0.1) is 0 Å². The largest absolute Gasteiger partial charge is 0.493 e. The van der Waals surface area contributed by atoms with Gasteiger partial charge in [-0.05, 0) is 47.5 Å². The van der Waals surface area contributed by atoms with E-state index in [-0.39, 0.29) is 18.4 Å². The first-order valence-electron chi connectivity index (χ1n) is 12.8. The lowest BCUT2D eigenvalue weighted by Crippen LogP contribution is -2.46. The van der Waals surface area contributed by atoms with Crippen LogP contribution in [0.1, 0.15) is 24.0 Å². The average molecular weight is 542 g/mol. The summed E-state index contributed by atoms with van der Waals surface area (Å²) < 4.78 is 41.1. The first-order chi connectivity index (χ1) is 18.4. The molecule has 0 fully saturated rings. The fraction of sp³-hybridized carbons (Fsp3) is 0.379. The van der Waals surface area contributed by atoms with E-state index in [1.54, 1.807) is 11.1 Å². The molecule has 1 atom stereocenters. The maximum atomic E-state index is 12.2. The Bertz CT molecular complexity index is 1230. The molecule has 0 saturated carbocycles. The molecule has 0 aliphatic rings. The third kappa shape index (κ3) is 10.5. The smallest absolute Gasteiger partial charge is 0.267 e. The topological polar surface area (TPSA) is 103 Å². The van der Waals surface area contributed by atoms with Crippen LogP contribution in [0.15, 0.2) is 73.3 Å². The molecule has 0 heterocycles. The molecule has 1 unspecified atom stereocenters. The van der Waals surface area contributed by atoms with Crippen LogP contribution in [0.5, 0.6) is 5.75 Å². The number of hydrogen-bond donors (Lipinski definition) is 2. The van der Waals surface area contributed by atoms with Crippen LogP contribution in [0.25, 0.3) is 16.8 Å². The first kappa shape index (κ1) is 29.8. The Hall–Kier alpha value is -2.79. The Labute approximate surface area is 226 Å². The minimum Gasteiger partial charge on any atom is -0.493 e. The van der Waals surface area contributed by atoms with E-state index >= 15 is 0 Å². The van der Waals surface area contributed by atoms with E-state index < -0.39 is 10.1 Å². The van der Waals surface area contributed by atoms with Crippen molar-refractivity contribution in [2.45, 2.75) is 25.5 Å². The third-order valence-electron chi connectivity index (χ3n) is 6.05. The molecule has 0 aliphatic heterocycles. The van der Waals surface area contributed by atoms with Gasteiger partial charge in [0.25, 0.3) is 10.1 Å². The number of likely N-dealkylation sites (N-methyl/N-ethyl adjacent to an activating group) is 1. The van der Waals surface area contributed by atoms with Crippen molar-refractivity contribution in [3.63, 3.8) is 0 Å². The monoisotopic (exact) mass is 541 g/mol. The van der Waals surface area contributed by atoms with Gasteiger partial charge in [0, 0.05) is 25.6 Å². The van der Waals surface area contributed by atoms with Gasteiger partial charge in [-0.1, -0.05) is 67.3 Å². The standard InChI is InChI=1S/C29H39N3O5S/c1-3-24-10-12-25(13-11-24)22-35-23-28(31-2)21-32(30)16-6-19-38(33,34)37-18-7-17-36-29-15-14-26-8-4-5-9-27(26)20-29/h3-5,8-15,20,28,31H,1,6-7,16-19,21-23,30H2,2H3. The second-order valence-corrected chi connectivity index (χ2v) is 10.8. The van der Waals surface area contributed by atoms with Gasteiger partial charge in [0.05, 0.1) is 32.2 Å². The van der Waals surface area contributed by atoms with Crippen molar-refractivity contribution < 1.29 is 22.1 Å². The van der Waals surface area contributed by atoms with Gasteiger partial charge in [-0.25, -0.2) is 5.01 Å². The van der Waals surface area contributed by atoms with Crippen LogP contribution in [-0.2, 0) is 25.6 Å². The molecule has 0 radical (unpaired) electrons. The highest BCUT2D eigenvalue weighted by Crippen LogP contribution is 2.20. The first-order valence-corrected chi connectivity index (χ1v) is 14.4. The van der Waals surface area contributed by atoms with Gasteiger partial charge in [-0.2, -0.15) is 8.42 Å². The molecule has 0 spiro atoms. The van der Waals surface area contributed by atoms with Crippen molar-refractivity contribution in [3.05, 3.63) is 84.4 Å². The zero-order valence-electron chi connectivity index (χ0n) is 22.1. The van der Waals surface area contributed by atoms with Gasteiger partial charge >= 0.3 is 0 Å². The number of nitrogens with zero attached hydrogens (tertiary/aromatic N) is 1. The molecule has 0 aromatic heterocycles. The van der Waals surface area contributed by atoms with E-state index in [9.17, 15) is 8.42 Å². The predicted molar refractivity (Wildman–Crippen MR) is 153 cm³/mol. The van der Waals surface area contributed by atoms with E-state index in [4.69, 9.17) is 19.5 Å². The minimum absolute atomic E-state index is 0.0166. The predicted octanol–water partition coefficient (Wildman–Crippen LogP) is 3.97. The van der Waals surface area contributed by atoms with Crippen LogP contribution in [0.2, 0.25) is 0 Å². The second kappa shape index (κ2) is 15.6. The molecule has 3 aromatic rings. The van der Waals surface area contributed by atoms with Gasteiger partial charge in [0.2, 0.25) is 0 Å². The zero-order chi connectivity index (χ0) is 27.2. The number of hydrogen-bond acceptors (Lipinski definition) is 8. The van der Waals surface area contributed by atoms with Gasteiger partial charge < -0.3 is 14.8 Å². The molecule has 0 bridgehead atoms. The molecular formula is C29H39N3O5S. The number of rotatable bonds is 18. The minimum atomic E-state index is -3.62. The van der Waals surface area contributed by atoms with Crippen molar-refractivity contribution in [3.8, 4) is 5.75 Å². The summed E-state index contributed by atoms with van der Waals surface area (Å²) in [7, 11) is -1.77. The van der Waals surface area contributed by atoms with Crippen LogP contribution in [0.3, 0.4) is 0 Å². The van der Waals surface area contributed by atoms with Crippen LogP contribution >= 0.6 is 0 Å². The van der Waals surface area contributed by atoms with Gasteiger partial charge in [0.15, 0.2) is 0 Å². The number of fused-ring (bicyclic) bond motifs is 1. The fourth-order valence-corrected chi connectivity index (χ4v) is 4.84. The highest BCUT2D eigenvalue weighted by molar-refractivity contribution is 7.86. The number of nitrogens with one attached hydrogen (secondary N) is 1. The van der Waals surface area contributed by atoms with Crippen LogP contribution in [-0.4, -0.2) is 65.2 Å². The van der Waals surface area contributed by atoms with Crippen LogP contribution < -0.4 is 15.9 Å². The lowest BCUT2D eigenvalue weighted by molar-refractivity contribution is 0.0868. The van der Waals surface area contributed by atoms with E-state index in [0.29, 0.717) is 45.8 Å². The quantitative estimate of drug-likeness (QED) is 0.108. The Morgan fingerprint density at radius 3 is 2.53 bits per heavy atom. The number of ether oxygens (including phenoxy) is 2. The zero-order valence-corrected chi connectivity index (χ0v) is 22.9. The summed E-state index contributed by atoms with van der Waals surface area (Å²) in [6.45, 7) is 6.15. The molecule has 8 nitrogen and oxygen atoms in total. The second-order valence-electron chi connectivity index (χ2n) is 9.09. The van der Waals surface area contributed by atoms with Crippen LogP contribution in [0.4, 0.5) is 0 Å². The lowest BCUT2D eigenvalue weighted by Gasteiger charge is -2.23. The van der Waals surface area contributed by atoms with E-state index in [1.165, 1.54) is 0 Å². The highest BCUT2D eigenvalue weighted by atomic mass is 32.2. The number of hydrazine groups is 1. The van der Waals surface area contributed by atoms with Crippen molar-refractivity contribution in [1.82, 2.24) is 10.3 Å². The van der Waals surface area contributed by atoms with Gasteiger partial charge in [0.1, 0.15) is 5.75 Å². The van der Waals surface area contributed by atoms with Crippen molar-refractivity contribution in [1.29, 1.82) is 0 Å². The maximum Gasteiger partial charge on any atom is 0.267 e.